The van der Waals surface area contributed by atoms with Gasteiger partial charge in [-0.05, 0) is 24.5 Å². The number of fused-ring (bicyclic) bond motifs is 1. The van der Waals surface area contributed by atoms with Gasteiger partial charge in [-0.25, -0.2) is 4.98 Å². The number of aromatic nitrogens is 2. The molecule has 0 radical (unpaired) electrons. The molecule has 3 heterocycles. The average Bonchev–Trinajstić information content (AvgIpc) is 3.27. The standard InChI is InChI=1S/C19H17N3OS/c23-19(18-21-16-13-20-11-10-17(16)24-18)22-12-4-7-15(22)9-8-14-5-2-1-3-6-14/h1-3,5-6,8-11,13,15H,4,7,12H2/b9-8+. The summed E-state index contributed by atoms with van der Waals surface area (Å²) in [5.41, 5.74) is 1.95. The van der Waals surface area contributed by atoms with Gasteiger partial charge in [0.25, 0.3) is 5.91 Å². The Morgan fingerprint density at radius 1 is 1.25 bits per heavy atom. The van der Waals surface area contributed by atoms with Gasteiger partial charge in [0.2, 0.25) is 0 Å². The van der Waals surface area contributed by atoms with Gasteiger partial charge in [-0.1, -0.05) is 42.5 Å². The minimum Gasteiger partial charge on any atom is -0.330 e. The Balaban J connectivity index is 1.55. The lowest BCUT2D eigenvalue weighted by Gasteiger charge is -2.20. The molecule has 1 aromatic carbocycles. The van der Waals surface area contributed by atoms with Crippen molar-refractivity contribution in [3.8, 4) is 0 Å². The number of pyridine rings is 1. The topological polar surface area (TPSA) is 46.1 Å². The summed E-state index contributed by atoms with van der Waals surface area (Å²) in [6, 6.07) is 12.2. The van der Waals surface area contributed by atoms with Gasteiger partial charge in [-0.2, -0.15) is 0 Å². The molecule has 0 saturated carbocycles. The molecule has 1 fully saturated rings. The fourth-order valence-electron chi connectivity index (χ4n) is 3.03. The zero-order valence-electron chi connectivity index (χ0n) is 13.1. The molecule has 0 bridgehead atoms. The van der Waals surface area contributed by atoms with E-state index in [1.165, 1.54) is 11.3 Å². The lowest BCUT2D eigenvalue weighted by molar-refractivity contribution is 0.0762. The molecule has 3 aromatic rings. The highest BCUT2D eigenvalue weighted by atomic mass is 32.1. The van der Waals surface area contributed by atoms with Crippen LogP contribution in [0.3, 0.4) is 0 Å². The van der Waals surface area contributed by atoms with E-state index >= 15 is 0 Å². The summed E-state index contributed by atoms with van der Waals surface area (Å²) in [5, 5.41) is 0.554. The van der Waals surface area contributed by atoms with E-state index in [4.69, 9.17) is 0 Å². The van der Waals surface area contributed by atoms with E-state index in [2.05, 4.69) is 34.3 Å². The molecule has 1 saturated heterocycles. The monoisotopic (exact) mass is 335 g/mol. The molecule has 1 aliphatic rings. The van der Waals surface area contributed by atoms with Gasteiger partial charge in [0, 0.05) is 12.7 Å². The maximum atomic E-state index is 12.9. The third-order valence-electron chi connectivity index (χ3n) is 4.24. The maximum Gasteiger partial charge on any atom is 0.283 e. The SMILES string of the molecule is O=C(c1nc2cnccc2s1)N1CCCC1/C=C/c1ccccc1. The smallest absolute Gasteiger partial charge is 0.283 e. The van der Waals surface area contributed by atoms with Crippen molar-refractivity contribution in [1.29, 1.82) is 0 Å². The van der Waals surface area contributed by atoms with Crippen molar-refractivity contribution in [2.75, 3.05) is 6.54 Å². The summed E-state index contributed by atoms with van der Waals surface area (Å²) in [6.07, 6.45) is 9.70. The van der Waals surface area contributed by atoms with Crippen LogP contribution in [-0.4, -0.2) is 33.4 Å². The first-order valence-electron chi connectivity index (χ1n) is 8.06. The van der Waals surface area contributed by atoms with Crippen LogP contribution in [0.5, 0.6) is 0 Å². The predicted molar refractivity (Wildman–Crippen MR) is 96.9 cm³/mol. The van der Waals surface area contributed by atoms with Crippen molar-refractivity contribution in [2.24, 2.45) is 0 Å². The van der Waals surface area contributed by atoms with Crippen molar-refractivity contribution in [2.45, 2.75) is 18.9 Å². The van der Waals surface area contributed by atoms with Gasteiger partial charge in [0.15, 0.2) is 5.01 Å². The second-order valence-electron chi connectivity index (χ2n) is 5.84. The number of hydrogen-bond donors (Lipinski definition) is 0. The number of hydrogen-bond acceptors (Lipinski definition) is 4. The Kier molecular flexibility index (Phi) is 4.09. The molecule has 120 valence electrons. The van der Waals surface area contributed by atoms with Gasteiger partial charge in [-0.15, -0.1) is 11.3 Å². The van der Waals surface area contributed by atoms with Crippen LogP contribution in [0.4, 0.5) is 0 Å². The van der Waals surface area contributed by atoms with E-state index in [0.717, 1.165) is 35.2 Å². The third-order valence-corrected chi connectivity index (χ3v) is 5.27. The quantitative estimate of drug-likeness (QED) is 0.726. The minimum absolute atomic E-state index is 0.0245. The third kappa shape index (κ3) is 2.95. The molecule has 4 nitrogen and oxygen atoms in total. The van der Waals surface area contributed by atoms with Gasteiger partial charge in [0.05, 0.1) is 16.9 Å². The second-order valence-corrected chi connectivity index (χ2v) is 6.87. The van der Waals surface area contributed by atoms with E-state index in [9.17, 15) is 4.79 Å². The van der Waals surface area contributed by atoms with Crippen molar-refractivity contribution in [1.82, 2.24) is 14.9 Å². The summed E-state index contributed by atoms with van der Waals surface area (Å²) >= 11 is 1.44. The average molecular weight is 335 g/mol. The molecule has 1 unspecified atom stereocenters. The summed E-state index contributed by atoms with van der Waals surface area (Å²) in [5.74, 6) is 0.0245. The summed E-state index contributed by atoms with van der Waals surface area (Å²) < 4.78 is 1.00. The Morgan fingerprint density at radius 2 is 2.12 bits per heavy atom. The second kappa shape index (κ2) is 6.53. The lowest BCUT2D eigenvalue weighted by Crippen LogP contribution is -2.34. The molecule has 5 heteroatoms. The van der Waals surface area contributed by atoms with Crippen LogP contribution >= 0.6 is 11.3 Å². The molecule has 1 atom stereocenters. The molecule has 4 rings (SSSR count). The Bertz CT molecular complexity index is 855. The number of benzene rings is 1. The van der Waals surface area contributed by atoms with Gasteiger partial charge in [-0.3, -0.25) is 9.78 Å². The largest absolute Gasteiger partial charge is 0.330 e. The first-order chi connectivity index (χ1) is 11.8. The van der Waals surface area contributed by atoms with Crippen molar-refractivity contribution in [3.63, 3.8) is 0 Å². The van der Waals surface area contributed by atoms with Crippen LogP contribution < -0.4 is 0 Å². The molecule has 24 heavy (non-hydrogen) atoms. The fraction of sp³-hybridized carbons (Fsp3) is 0.211. The molecule has 0 spiro atoms. The van der Waals surface area contributed by atoms with E-state index in [-0.39, 0.29) is 11.9 Å². The van der Waals surface area contributed by atoms with Crippen LogP contribution in [0, 0.1) is 0 Å². The van der Waals surface area contributed by atoms with Crippen molar-refractivity contribution in [3.05, 3.63) is 65.4 Å². The van der Waals surface area contributed by atoms with E-state index in [0.29, 0.717) is 5.01 Å². The van der Waals surface area contributed by atoms with Crippen LogP contribution in [-0.2, 0) is 0 Å². The number of nitrogens with zero attached hydrogens (tertiary/aromatic N) is 3. The van der Waals surface area contributed by atoms with Crippen molar-refractivity contribution >= 4 is 33.5 Å². The van der Waals surface area contributed by atoms with Gasteiger partial charge in [0.1, 0.15) is 5.52 Å². The summed E-state index contributed by atoms with van der Waals surface area (Å²) in [6.45, 7) is 0.788. The number of likely N-dealkylation sites (tertiary alicyclic amines) is 1. The Labute approximate surface area is 144 Å². The highest BCUT2D eigenvalue weighted by molar-refractivity contribution is 7.20. The van der Waals surface area contributed by atoms with E-state index in [1.807, 2.05) is 29.2 Å². The number of carbonyl (C=O) groups excluding carboxylic acids is 1. The molecular weight excluding hydrogens is 318 g/mol. The van der Waals surface area contributed by atoms with Crippen LogP contribution in [0.15, 0.2) is 54.9 Å². The fourth-order valence-corrected chi connectivity index (χ4v) is 3.91. The van der Waals surface area contributed by atoms with Gasteiger partial charge >= 0.3 is 0 Å². The molecule has 0 aliphatic carbocycles. The molecule has 1 amide bonds. The summed E-state index contributed by atoms with van der Waals surface area (Å²) in [7, 11) is 0. The normalized spacial score (nSPS) is 17.8. The molecule has 1 aliphatic heterocycles. The highest BCUT2D eigenvalue weighted by Gasteiger charge is 2.29. The highest BCUT2D eigenvalue weighted by Crippen LogP contribution is 2.26. The Hall–Kier alpha value is -2.53. The van der Waals surface area contributed by atoms with Gasteiger partial charge < -0.3 is 4.90 Å². The first-order valence-corrected chi connectivity index (χ1v) is 8.88. The van der Waals surface area contributed by atoms with Crippen LogP contribution in [0.1, 0.15) is 28.2 Å². The summed E-state index contributed by atoms with van der Waals surface area (Å²) in [4.78, 5) is 23.3. The molecule has 0 N–H and O–H groups in total. The van der Waals surface area contributed by atoms with E-state index in [1.54, 1.807) is 12.4 Å². The lowest BCUT2D eigenvalue weighted by atomic mass is 10.1. The zero-order valence-corrected chi connectivity index (χ0v) is 13.9. The molecular formula is C19H17N3OS. The zero-order chi connectivity index (χ0) is 16.4. The van der Waals surface area contributed by atoms with E-state index < -0.39 is 0 Å². The minimum atomic E-state index is 0.0245. The number of rotatable bonds is 3. The Morgan fingerprint density at radius 3 is 2.96 bits per heavy atom. The van der Waals surface area contributed by atoms with Crippen LogP contribution in [0.25, 0.3) is 16.3 Å². The number of amides is 1. The van der Waals surface area contributed by atoms with Crippen LogP contribution in [0.2, 0.25) is 0 Å². The molecule has 2 aromatic heterocycles. The van der Waals surface area contributed by atoms with Crippen molar-refractivity contribution < 1.29 is 4.79 Å². The predicted octanol–water partition coefficient (Wildman–Crippen LogP) is 4.01. The number of carbonyl (C=O) groups is 1. The number of thiazole rings is 1. The first kappa shape index (κ1) is 15.0. The maximum absolute atomic E-state index is 12.9.